The molecule has 3 aromatic rings. The van der Waals surface area contributed by atoms with E-state index in [4.69, 9.17) is 5.26 Å². The maximum absolute atomic E-state index is 12.9. The molecule has 1 N–H and O–H groups in total. The van der Waals surface area contributed by atoms with Gasteiger partial charge in [-0.3, -0.25) is 19.5 Å². The Bertz CT molecular complexity index is 1230. The van der Waals surface area contributed by atoms with Gasteiger partial charge in [-0.25, -0.2) is 9.97 Å². The highest BCUT2D eigenvalue weighted by molar-refractivity contribution is 6.04. The number of nitrogens with one attached hydrogen (secondary N) is 1. The van der Waals surface area contributed by atoms with Crippen LogP contribution in [0.4, 0.5) is 5.95 Å². The van der Waals surface area contributed by atoms with Gasteiger partial charge in [0.2, 0.25) is 5.95 Å². The molecular weight excluding hydrogens is 404 g/mol. The highest BCUT2D eigenvalue weighted by Crippen LogP contribution is 2.22. The van der Waals surface area contributed by atoms with Crippen LogP contribution in [-0.4, -0.2) is 44.3 Å². The maximum atomic E-state index is 12.9. The lowest BCUT2D eigenvalue weighted by molar-refractivity contribution is 0.0724. The van der Waals surface area contributed by atoms with Gasteiger partial charge in [-0.2, -0.15) is 5.26 Å². The predicted octanol–water partition coefficient (Wildman–Crippen LogP) is 3.76. The van der Waals surface area contributed by atoms with Gasteiger partial charge < -0.3 is 4.90 Å². The number of hydrogen-bond donors (Lipinski definition) is 1. The number of carbonyl (C=O) groups is 2. The Balaban J connectivity index is 1.66. The Morgan fingerprint density at radius 3 is 2.75 bits per heavy atom. The van der Waals surface area contributed by atoms with Crippen LogP contribution in [0.15, 0.2) is 48.7 Å². The van der Waals surface area contributed by atoms with E-state index in [1.165, 1.54) is 6.07 Å². The zero-order chi connectivity index (χ0) is 22.5. The number of allylic oxidation sites excluding steroid dienone is 2. The number of aromatic nitrogens is 3. The number of piperidine rings is 1. The summed E-state index contributed by atoms with van der Waals surface area (Å²) < 4.78 is 1.79. The Morgan fingerprint density at radius 2 is 2.00 bits per heavy atom. The molecule has 2 amide bonds. The minimum Gasteiger partial charge on any atom is -0.339 e. The largest absolute Gasteiger partial charge is 0.339 e. The van der Waals surface area contributed by atoms with Gasteiger partial charge in [0.15, 0.2) is 5.65 Å². The number of nitrogens with zero attached hydrogens (tertiary/aromatic N) is 5. The van der Waals surface area contributed by atoms with Crippen molar-refractivity contribution in [1.29, 1.82) is 5.26 Å². The fraction of sp³-hybridized carbons (Fsp3) is 0.292. The van der Waals surface area contributed by atoms with E-state index in [0.717, 1.165) is 32.4 Å². The summed E-state index contributed by atoms with van der Waals surface area (Å²) in [5, 5.41) is 11.9. The molecule has 4 rings (SSSR count). The number of fused-ring (bicyclic) bond motifs is 1. The standard InChI is InChI=1S/C24H24N6O2/c1-2-3-12-30-21-20(14-19(16-26-21)23(32)29-10-5-4-6-11-29)27-24(30)28-22(31)18-9-7-8-17(13-18)15-25/h2-3,7-9,13-14,16H,4-6,10-12H2,1H3,(H,27,28,31)/b3-2+. The van der Waals surface area contributed by atoms with E-state index in [1.54, 1.807) is 35.0 Å². The lowest BCUT2D eigenvalue weighted by Gasteiger charge is -2.26. The van der Waals surface area contributed by atoms with Gasteiger partial charge in [0, 0.05) is 31.4 Å². The molecule has 8 heteroatoms. The van der Waals surface area contributed by atoms with Crippen molar-refractivity contribution >= 4 is 28.9 Å². The third-order valence-electron chi connectivity index (χ3n) is 5.48. The predicted molar refractivity (Wildman–Crippen MR) is 121 cm³/mol. The first-order chi connectivity index (χ1) is 15.6. The Morgan fingerprint density at radius 1 is 1.19 bits per heavy atom. The van der Waals surface area contributed by atoms with Crippen molar-refractivity contribution in [2.45, 2.75) is 32.7 Å². The van der Waals surface area contributed by atoms with Crippen LogP contribution in [0.3, 0.4) is 0 Å². The van der Waals surface area contributed by atoms with Gasteiger partial charge in [-0.1, -0.05) is 18.2 Å². The maximum Gasteiger partial charge on any atom is 0.258 e. The number of nitriles is 1. The van der Waals surface area contributed by atoms with Crippen molar-refractivity contribution in [3.05, 3.63) is 65.4 Å². The van der Waals surface area contributed by atoms with Crippen molar-refractivity contribution in [2.75, 3.05) is 18.4 Å². The lowest BCUT2D eigenvalue weighted by Crippen LogP contribution is -2.35. The molecule has 0 saturated carbocycles. The van der Waals surface area contributed by atoms with Crippen molar-refractivity contribution in [1.82, 2.24) is 19.4 Å². The van der Waals surface area contributed by atoms with Crippen LogP contribution < -0.4 is 5.32 Å². The zero-order valence-electron chi connectivity index (χ0n) is 17.9. The van der Waals surface area contributed by atoms with Crippen molar-refractivity contribution in [3.63, 3.8) is 0 Å². The molecular formula is C24H24N6O2. The summed E-state index contributed by atoms with van der Waals surface area (Å²) in [7, 11) is 0. The number of anilines is 1. The number of pyridine rings is 1. The second-order valence-electron chi connectivity index (χ2n) is 7.68. The molecule has 1 aromatic carbocycles. The Hall–Kier alpha value is -3.99. The van der Waals surface area contributed by atoms with Gasteiger partial charge in [0.1, 0.15) is 5.52 Å². The van der Waals surface area contributed by atoms with Crippen LogP contribution in [-0.2, 0) is 6.54 Å². The number of amides is 2. The van der Waals surface area contributed by atoms with E-state index >= 15 is 0 Å². The van der Waals surface area contributed by atoms with Gasteiger partial charge in [0.25, 0.3) is 11.8 Å². The molecule has 0 unspecified atom stereocenters. The molecule has 0 radical (unpaired) electrons. The summed E-state index contributed by atoms with van der Waals surface area (Å²) in [5.74, 6) is -0.0784. The topological polar surface area (TPSA) is 104 Å². The second-order valence-corrected chi connectivity index (χ2v) is 7.68. The average molecular weight is 428 g/mol. The zero-order valence-corrected chi connectivity index (χ0v) is 17.9. The van der Waals surface area contributed by atoms with Gasteiger partial charge in [-0.05, 0) is 50.5 Å². The van der Waals surface area contributed by atoms with Crippen LogP contribution in [0.1, 0.15) is 52.5 Å². The van der Waals surface area contributed by atoms with E-state index in [0.29, 0.717) is 40.3 Å². The van der Waals surface area contributed by atoms with E-state index in [-0.39, 0.29) is 11.8 Å². The first kappa shape index (κ1) is 21.2. The summed E-state index contributed by atoms with van der Waals surface area (Å²) >= 11 is 0. The highest BCUT2D eigenvalue weighted by Gasteiger charge is 2.21. The molecule has 3 heterocycles. The minimum atomic E-state index is -0.372. The molecule has 0 bridgehead atoms. The summed E-state index contributed by atoms with van der Waals surface area (Å²) in [5.41, 5.74) is 2.39. The Kier molecular flexibility index (Phi) is 6.26. The van der Waals surface area contributed by atoms with E-state index in [9.17, 15) is 9.59 Å². The summed E-state index contributed by atoms with van der Waals surface area (Å²) in [6.45, 7) is 3.90. The smallest absolute Gasteiger partial charge is 0.258 e. The van der Waals surface area contributed by atoms with Gasteiger partial charge >= 0.3 is 0 Å². The molecule has 0 aliphatic carbocycles. The van der Waals surface area contributed by atoms with Crippen LogP contribution in [0.5, 0.6) is 0 Å². The summed E-state index contributed by atoms with van der Waals surface area (Å²) in [6.07, 6.45) is 8.60. The average Bonchev–Trinajstić information content (AvgIpc) is 3.18. The first-order valence-corrected chi connectivity index (χ1v) is 10.7. The number of hydrogen-bond acceptors (Lipinski definition) is 5. The SMILES string of the molecule is C/C=C/Cn1c(NC(=O)c2cccc(C#N)c2)nc2cc(C(=O)N3CCCCC3)cnc21. The molecule has 2 aromatic heterocycles. The molecule has 1 fully saturated rings. The monoisotopic (exact) mass is 428 g/mol. The first-order valence-electron chi connectivity index (χ1n) is 10.7. The van der Waals surface area contributed by atoms with Crippen molar-refractivity contribution in [3.8, 4) is 6.07 Å². The Labute approximate surface area is 186 Å². The highest BCUT2D eigenvalue weighted by atomic mass is 16.2. The number of likely N-dealkylation sites (tertiary alicyclic amines) is 1. The van der Waals surface area contributed by atoms with E-state index in [1.807, 2.05) is 30.0 Å². The van der Waals surface area contributed by atoms with E-state index < -0.39 is 0 Å². The molecule has 1 saturated heterocycles. The number of rotatable bonds is 5. The van der Waals surface area contributed by atoms with Crippen LogP contribution in [0.25, 0.3) is 11.2 Å². The summed E-state index contributed by atoms with van der Waals surface area (Å²) in [6, 6.07) is 10.2. The second kappa shape index (κ2) is 9.43. The van der Waals surface area contributed by atoms with Gasteiger partial charge in [0.05, 0.1) is 17.2 Å². The quantitative estimate of drug-likeness (QED) is 0.623. The van der Waals surface area contributed by atoms with Crippen molar-refractivity contribution < 1.29 is 9.59 Å². The normalized spacial score (nSPS) is 13.9. The van der Waals surface area contributed by atoms with Crippen LogP contribution >= 0.6 is 0 Å². The third kappa shape index (κ3) is 4.37. The molecule has 1 aliphatic rings. The number of benzene rings is 1. The molecule has 162 valence electrons. The summed E-state index contributed by atoms with van der Waals surface area (Å²) in [4.78, 5) is 36.6. The van der Waals surface area contributed by atoms with E-state index in [2.05, 4.69) is 15.3 Å². The molecule has 0 spiro atoms. The lowest BCUT2D eigenvalue weighted by atomic mass is 10.1. The molecule has 1 aliphatic heterocycles. The fourth-order valence-electron chi connectivity index (χ4n) is 3.79. The van der Waals surface area contributed by atoms with Crippen LogP contribution in [0, 0.1) is 11.3 Å². The number of imidazole rings is 1. The molecule has 8 nitrogen and oxygen atoms in total. The minimum absolute atomic E-state index is 0.0407. The van der Waals surface area contributed by atoms with Crippen LogP contribution in [0.2, 0.25) is 0 Å². The van der Waals surface area contributed by atoms with Gasteiger partial charge in [-0.15, -0.1) is 0 Å². The van der Waals surface area contributed by atoms with Crippen molar-refractivity contribution in [2.24, 2.45) is 0 Å². The fourth-order valence-corrected chi connectivity index (χ4v) is 3.79. The third-order valence-corrected chi connectivity index (χ3v) is 5.48. The number of carbonyl (C=O) groups excluding carboxylic acids is 2. The molecule has 0 atom stereocenters. The molecule has 32 heavy (non-hydrogen) atoms.